The summed E-state index contributed by atoms with van der Waals surface area (Å²) >= 11 is 1.63. The van der Waals surface area contributed by atoms with Crippen molar-refractivity contribution >= 4 is 38.2 Å². The SMILES string of the molecule is CC(C)Oc1ccc(S(=O)(=O)N2CCC(c3cn(CC(=O)O)c4cc(-c5cccs5)ccc34)C2)cc1. The van der Waals surface area contributed by atoms with Crippen LogP contribution in [0.15, 0.2) is 71.1 Å². The molecule has 1 saturated heterocycles. The van der Waals surface area contributed by atoms with Crippen LogP contribution in [-0.2, 0) is 21.4 Å². The maximum absolute atomic E-state index is 13.3. The molecule has 0 amide bonds. The highest BCUT2D eigenvalue weighted by molar-refractivity contribution is 7.89. The lowest BCUT2D eigenvalue weighted by molar-refractivity contribution is -0.137. The van der Waals surface area contributed by atoms with Crippen LogP contribution in [0.25, 0.3) is 21.3 Å². The molecule has 1 unspecified atom stereocenters. The molecule has 4 aromatic rings. The van der Waals surface area contributed by atoms with Gasteiger partial charge in [0, 0.05) is 41.0 Å². The molecule has 0 spiro atoms. The van der Waals surface area contributed by atoms with Crippen molar-refractivity contribution < 1.29 is 23.1 Å². The number of aliphatic carboxylic acids is 1. The lowest BCUT2D eigenvalue weighted by Crippen LogP contribution is -2.28. The fraction of sp³-hybridized carbons (Fsp3) is 0.296. The monoisotopic (exact) mass is 524 g/mol. The second-order valence-corrected chi connectivity index (χ2v) is 12.2. The van der Waals surface area contributed by atoms with Gasteiger partial charge in [-0.2, -0.15) is 4.31 Å². The Morgan fingerprint density at radius 1 is 1.17 bits per heavy atom. The van der Waals surface area contributed by atoms with Gasteiger partial charge in [0.2, 0.25) is 10.0 Å². The van der Waals surface area contributed by atoms with Crippen LogP contribution in [0.1, 0.15) is 31.7 Å². The van der Waals surface area contributed by atoms with Crippen molar-refractivity contribution in [2.45, 2.75) is 43.7 Å². The Morgan fingerprint density at radius 3 is 2.61 bits per heavy atom. The van der Waals surface area contributed by atoms with Crippen molar-refractivity contribution in [3.8, 4) is 16.2 Å². The van der Waals surface area contributed by atoms with Crippen molar-refractivity contribution in [1.29, 1.82) is 0 Å². The average molecular weight is 525 g/mol. The number of thiophene rings is 1. The Labute approximate surface area is 214 Å². The van der Waals surface area contributed by atoms with Crippen molar-refractivity contribution in [2.24, 2.45) is 0 Å². The topological polar surface area (TPSA) is 88.8 Å². The van der Waals surface area contributed by atoms with E-state index in [0.29, 0.717) is 25.3 Å². The first kappa shape index (κ1) is 24.5. The van der Waals surface area contributed by atoms with Gasteiger partial charge in [0.05, 0.1) is 11.0 Å². The number of fused-ring (bicyclic) bond motifs is 1. The standard InChI is InChI=1S/C27H28N2O5S2/c1-18(2)34-21-6-8-22(9-7-21)36(32,33)29-12-11-20(15-29)24-16-28(17-27(30)31)25-14-19(5-10-23(24)25)26-4-3-13-35-26/h3-10,13-14,16,18,20H,11-12,15,17H2,1-2H3,(H,30,31). The minimum absolute atomic E-state index is 0.0106. The normalized spacial score (nSPS) is 16.7. The van der Waals surface area contributed by atoms with Gasteiger partial charge >= 0.3 is 5.97 Å². The number of sulfonamides is 1. The van der Waals surface area contributed by atoms with Crippen LogP contribution in [0.2, 0.25) is 0 Å². The summed E-state index contributed by atoms with van der Waals surface area (Å²) in [7, 11) is -3.65. The van der Waals surface area contributed by atoms with Gasteiger partial charge in [-0.1, -0.05) is 18.2 Å². The van der Waals surface area contributed by atoms with Gasteiger partial charge in [-0.15, -0.1) is 11.3 Å². The summed E-state index contributed by atoms with van der Waals surface area (Å²) in [5.74, 6) is -0.301. The summed E-state index contributed by atoms with van der Waals surface area (Å²) in [6.45, 7) is 4.46. The minimum Gasteiger partial charge on any atom is -0.491 e. The van der Waals surface area contributed by atoms with E-state index in [0.717, 1.165) is 26.9 Å². The molecule has 0 saturated carbocycles. The Morgan fingerprint density at radius 2 is 1.94 bits per heavy atom. The van der Waals surface area contributed by atoms with Crippen LogP contribution in [0.4, 0.5) is 0 Å². The summed E-state index contributed by atoms with van der Waals surface area (Å²) in [6.07, 6.45) is 2.57. The van der Waals surface area contributed by atoms with E-state index >= 15 is 0 Å². The highest BCUT2D eigenvalue weighted by Crippen LogP contribution is 2.38. The molecule has 2 aromatic heterocycles. The molecule has 5 rings (SSSR count). The Hall–Kier alpha value is -3.14. The van der Waals surface area contributed by atoms with Crippen molar-refractivity contribution in [3.63, 3.8) is 0 Å². The number of aromatic nitrogens is 1. The maximum atomic E-state index is 13.3. The van der Waals surface area contributed by atoms with Crippen LogP contribution in [0.3, 0.4) is 0 Å². The first-order valence-corrected chi connectivity index (χ1v) is 14.2. The third-order valence-corrected chi connectivity index (χ3v) is 9.25. The number of nitrogens with zero attached hydrogens (tertiary/aromatic N) is 2. The Bertz CT molecular complexity index is 1490. The molecule has 1 aliphatic heterocycles. The maximum Gasteiger partial charge on any atom is 0.323 e. The first-order valence-electron chi connectivity index (χ1n) is 11.9. The molecule has 3 heterocycles. The van der Waals surface area contributed by atoms with E-state index < -0.39 is 16.0 Å². The molecule has 36 heavy (non-hydrogen) atoms. The van der Waals surface area contributed by atoms with Gasteiger partial charge in [0.15, 0.2) is 0 Å². The second kappa shape index (κ2) is 9.72. The lowest BCUT2D eigenvalue weighted by Gasteiger charge is -2.17. The number of carbonyl (C=O) groups is 1. The van der Waals surface area contributed by atoms with E-state index in [1.165, 1.54) is 4.31 Å². The van der Waals surface area contributed by atoms with Crippen molar-refractivity contribution in [2.75, 3.05) is 13.1 Å². The number of rotatable bonds is 8. The fourth-order valence-electron chi connectivity index (χ4n) is 4.83. The third kappa shape index (κ3) is 4.78. The van der Waals surface area contributed by atoms with Gasteiger partial charge < -0.3 is 14.4 Å². The zero-order valence-electron chi connectivity index (χ0n) is 20.1. The smallest absolute Gasteiger partial charge is 0.323 e. The average Bonchev–Trinajstić information content (AvgIpc) is 3.59. The molecule has 2 aromatic carbocycles. The van der Waals surface area contributed by atoms with E-state index in [-0.39, 0.29) is 23.5 Å². The molecule has 7 nitrogen and oxygen atoms in total. The van der Waals surface area contributed by atoms with Crippen molar-refractivity contribution in [3.05, 3.63) is 71.7 Å². The third-order valence-electron chi connectivity index (χ3n) is 6.45. The van der Waals surface area contributed by atoms with Crippen LogP contribution in [0.5, 0.6) is 5.75 Å². The predicted molar refractivity (Wildman–Crippen MR) is 141 cm³/mol. The molecule has 0 aliphatic carbocycles. The van der Waals surface area contributed by atoms with Gasteiger partial charge in [-0.25, -0.2) is 8.42 Å². The number of hydrogen-bond acceptors (Lipinski definition) is 5. The van der Waals surface area contributed by atoms with Crippen LogP contribution in [0, 0.1) is 0 Å². The summed E-state index contributed by atoms with van der Waals surface area (Å²) in [5, 5.41) is 12.5. The second-order valence-electron chi connectivity index (χ2n) is 9.30. The van der Waals surface area contributed by atoms with Crippen molar-refractivity contribution in [1.82, 2.24) is 8.87 Å². The highest BCUT2D eigenvalue weighted by Gasteiger charge is 2.34. The van der Waals surface area contributed by atoms with Crippen LogP contribution >= 0.6 is 11.3 Å². The Kier molecular flexibility index (Phi) is 6.63. The first-order chi connectivity index (χ1) is 17.2. The highest BCUT2D eigenvalue weighted by atomic mass is 32.2. The molecule has 1 atom stereocenters. The van der Waals surface area contributed by atoms with E-state index in [2.05, 4.69) is 0 Å². The summed E-state index contributed by atoms with van der Waals surface area (Å²) < 4.78 is 35.6. The molecule has 1 aliphatic rings. The number of benzene rings is 2. The molecule has 0 bridgehead atoms. The quantitative estimate of drug-likeness (QED) is 0.333. The molecule has 1 fully saturated rings. The molecular weight excluding hydrogens is 496 g/mol. The van der Waals surface area contributed by atoms with Gasteiger partial charge in [-0.3, -0.25) is 4.79 Å². The van der Waals surface area contributed by atoms with Gasteiger partial charge in [-0.05, 0) is 73.2 Å². The van der Waals surface area contributed by atoms with Gasteiger partial charge in [0.1, 0.15) is 12.3 Å². The van der Waals surface area contributed by atoms with Crippen LogP contribution < -0.4 is 4.74 Å². The zero-order valence-corrected chi connectivity index (χ0v) is 21.8. The molecule has 188 valence electrons. The Balaban J connectivity index is 1.43. The number of carboxylic acid groups (broad SMARTS) is 1. The zero-order chi connectivity index (χ0) is 25.4. The van der Waals surface area contributed by atoms with E-state index in [1.807, 2.05) is 55.8 Å². The van der Waals surface area contributed by atoms with Gasteiger partial charge in [0.25, 0.3) is 0 Å². The van der Waals surface area contributed by atoms with E-state index in [1.54, 1.807) is 40.2 Å². The molecule has 1 N–H and O–H groups in total. The summed E-state index contributed by atoms with van der Waals surface area (Å²) in [4.78, 5) is 12.9. The molecular formula is C27H28N2O5S2. The summed E-state index contributed by atoms with van der Waals surface area (Å²) in [5.41, 5.74) is 2.87. The molecule has 0 radical (unpaired) electrons. The van der Waals surface area contributed by atoms with E-state index in [4.69, 9.17) is 4.74 Å². The number of carboxylic acids is 1. The fourth-order valence-corrected chi connectivity index (χ4v) is 7.05. The summed E-state index contributed by atoms with van der Waals surface area (Å²) in [6, 6.07) is 16.7. The molecule has 9 heteroatoms. The predicted octanol–water partition coefficient (Wildman–Crippen LogP) is 5.42. The number of ether oxygens (including phenoxy) is 1. The van der Waals surface area contributed by atoms with E-state index in [9.17, 15) is 18.3 Å². The largest absolute Gasteiger partial charge is 0.491 e. The van der Waals surface area contributed by atoms with Crippen LogP contribution in [-0.4, -0.2) is 47.6 Å². The number of hydrogen-bond donors (Lipinski definition) is 1. The minimum atomic E-state index is -3.65. The lowest BCUT2D eigenvalue weighted by atomic mass is 9.97.